The number of rotatable bonds is 4. The van der Waals surface area contributed by atoms with E-state index < -0.39 is 18.2 Å². The molecule has 6 heteroatoms. The Morgan fingerprint density at radius 2 is 2.13 bits per heavy atom. The molecule has 5 nitrogen and oxygen atoms in total. The summed E-state index contributed by atoms with van der Waals surface area (Å²) in [5.41, 5.74) is 2.26. The Morgan fingerprint density at radius 3 is 2.78 bits per heavy atom. The second-order valence-electron chi connectivity index (χ2n) is 5.54. The lowest BCUT2D eigenvalue weighted by molar-refractivity contribution is -0.139. The van der Waals surface area contributed by atoms with Crippen LogP contribution in [0.25, 0.3) is 0 Å². The zero-order chi connectivity index (χ0) is 16.6. The zero-order valence-electron chi connectivity index (χ0n) is 12.8. The van der Waals surface area contributed by atoms with Gasteiger partial charge < -0.3 is 14.6 Å². The van der Waals surface area contributed by atoms with Crippen molar-refractivity contribution < 1.29 is 19.4 Å². The molecule has 1 aliphatic rings. The molecule has 1 N–H and O–H groups in total. The number of nitrogens with zero attached hydrogens (tertiary/aromatic N) is 1. The molecule has 1 unspecified atom stereocenters. The minimum Gasteiger partial charge on any atom is -0.480 e. The Labute approximate surface area is 138 Å². The van der Waals surface area contributed by atoms with Crippen LogP contribution in [0, 0.1) is 6.92 Å². The molecule has 0 saturated heterocycles. The largest absolute Gasteiger partial charge is 0.480 e. The quantitative estimate of drug-likeness (QED) is 0.869. The van der Waals surface area contributed by atoms with Crippen LogP contribution in [0.5, 0.6) is 5.75 Å². The lowest BCUT2D eigenvalue weighted by Crippen LogP contribution is -2.23. The minimum absolute atomic E-state index is 0.290. The van der Waals surface area contributed by atoms with Crippen LogP contribution in [0.1, 0.15) is 29.3 Å². The number of carbonyl (C=O) groups is 1. The molecule has 0 saturated carbocycles. The lowest BCUT2D eigenvalue weighted by Gasteiger charge is -2.26. The van der Waals surface area contributed by atoms with E-state index in [0.29, 0.717) is 23.2 Å². The second kappa shape index (κ2) is 5.83. The first kappa shape index (κ1) is 15.8. The Morgan fingerprint density at radius 1 is 1.43 bits per heavy atom. The summed E-state index contributed by atoms with van der Waals surface area (Å²) < 4.78 is 11.5. The smallest absolute Gasteiger partial charge is 0.341 e. The molecule has 23 heavy (non-hydrogen) atoms. The van der Waals surface area contributed by atoms with Gasteiger partial charge in [-0.25, -0.2) is 9.78 Å². The van der Waals surface area contributed by atoms with Crippen LogP contribution in [0.3, 0.4) is 0 Å². The molecule has 2 heterocycles. The number of carboxylic acid groups (broad SMARTS) is 1. The molecule has 1 aromatic carbocycles. The van der Waals surface area contributed by atoms with Crippen molar-refractivity contribution in [2.45, 2.75) is 26.1 Å². The number of fused-ring (bicyclic) bond motifs is 1. The van der Waals surface area contributed by atoms with E-state index in [4.69, 9.17) is 26.2 Å². The third-order valence-corrected chi connectivity index (χ3v) is 4.30. The highest BCUT2D eigenvalue weighted by Crippen LogP contribution is 2.48. The molecule has 3 rings (SSSR count). The first-order valence-electron chi connectivity index (χ1n) is 7.17. The van der Waals surface area contributed by atoms with E-state index in [0.717, 1.165) is 16.7 Å². The number of aliphatic carboxylic acids is 1. The Hall–Kier alpha value is -2.11. The standard InChI is InChI=1S/C17H16ClNO4/c1-10-15(22-9-13(20)21)12-8-23-17(2,14(12)16(18)19-10)11-6-4-3-5-7-11/h3-7H,8-9H2,1-2H3,(H,20,21). The zero-order valence-corrected chi connectivity index (χ0v) is 13.6. The molecule has 0 radical (unpaired) electrons. The molecule has 0 bridgehead atoms. The normalized spacial score (nSPS) is 19.4. The maximum atomic E-state index is 10.8. The summed E-state index contributed by atoms with van der Waals surface area (Å²) in [6.07, 6.45) is 0. The first-order chi connectivity index (χ1) is 10.9. The van der Waals surface area contributed by atoms with Crippen LogP contribution in [-0.4, -0.2) is 22.7 Å². The van der Waals surface area contributed by atoms with Crippen LogP contribution in [0.15, 0.2) is 30.3 Å². The first-order valence-corrected chi connectivity index (χ1v) is 7.55. The predicted octanol–water partition coefficient (Wildman–Crippen LogP) is 3.30. The van der Waals surface area contributed by atoms with Crippen molar-refractivity contribution >= 4 is 17.6 Å². The van der Waals surface area contributed by atoms with Crippen molar-refractivity contribution in [3.63, 3.8) is 0 Å². The van der Waals surface area contributed by atoms with Gasteiger partial charge in [-0.05, 0) is 19.4 Å². The van der Waals surface area contributed by atoms with Crippen molar-refractivity contribution in [2.24, 2.45) is 0 Å². The lowest BCUT2D eigenvalue weighted by atomic mass is 9.88. The molecule has 120 valence electrons. The van der Waals surface area contributed by atoms with Crippen LogP contribution < -0.4 is 4.74 Å². The van der Waals surface area contributed by atoms with Crippen molar-refractivity contribution in [2.75, 3.05) is 6.61 Å². The van der Waals surface area contributed by atoms with E-state index in [2.05, 4.69) is 4.98 Å². The van der Waals surface area contributed by atoms with Gasteiger partial charge in [-0.2, -0.15) is 0 Å². The number of carboxylic acids is 1. The summed E-state index contributed by atoms with van der Waals surface area (Å²) in [4.78, 5) is 15.1. The number of ether oxygens (including phenoxy) is 2. The number of aryl methyl sites for hydroxylation is 1. The van der Waals surface area contributed by atoms with Gasteiger partial charge in [0.25, 0.3) is 0 Å². The van der Waals surface area contributed by atoms with E-state index in [1.165, 1.54) is 0 Å². The summed E-state index contributed by atoms with van der Waals surface area (Å²) in [6.45, 7) is 3.52. The number of hydrogen-bond donors (Lipinski definition) is 1. The Kier molecular flexibility index (Phi) is 4.00. The van der Waals surface area contributed by atoms with Gasteiger partial charge in [-0.1, -0.05) is 41.9 Å². The summed E-state index contributed by atoms with van der Waals surface area (Å²) in [6, 6.07) is 9.71. The van der Waals surface area contributed by atoms with E-state index >= 15 is 0 Å². The average molecular weight is 334 g/mol. The predicted molar refractivity (Wildman–Crippen MR) is 84.8 cm³/mol. The topological polar surface area (TPSA) is 68.7 Å². The number of benzene rings is 1. The van der Waals surface area contributed by atoms with Crippen molar-refractivity contribution in [3.8, 4) is 5.75 Å². The maximum absolute atomic E-state index is 10.8. The van der Waals surface area contributed by atoms with Gasteiger partial charge in [-0.15, -0.1) is 0 Å². The molecule has 0 aliphatic carbocycles. The fourth-order valence-electron chi connectivity index (χ4n) is 2.93. The van der Waals surface area contributed by atoms with Crippen LogP contribution in [0.4, 0.5) is 0 Å². The van der Waals surface area contributed by atoms with E-state index in [1.54, 1.807) is 6.92 Å². The fraction of sp³-hybridized carbons (Fsp3) is 0.294. The summed E-state index contributed by atoms with van der Waals surface area (Å²) in [7, 11) is 0. The van der Waals surface area contributed by atoms with Gasteiger partial charge in [0.05, 0.1) is 12.3 Å². The van der Waals surface area contributed by atoms with Crippen molar-refractivity contribution in [1.29, 1.82) is 0 Å². The molecule has 0 amide bonds. The summed E-state index contributed by atoms with van der Waals surface area (Å²) in [5.74, 6) is -0.607. The summed E-state index contributed by atoms with van der Waals surface area (Å²) >= 11 is 6.38. The monoisotopic (exact) mass is 333 g/mol. The number of hydrogen-bond acceptors (Lipinski definition) is 4. The van der Waals surface area contributed by atoms with Gasteiger partial charge in [0, 0.05) is 11.1 Å². The highest BCUT2D eigenvalue weighted by atomic mass is 35.5. The van der Waals surface area contributed by atoms with Gasteiger partial charge >= 0.3 is 5.97 Å². The third kappa shape index (κ3) is 2.66. The number of pyridine rings is 1. The van der Waals surface area contributed by atoms with E-state index in [9.17, 15) is 4.79 Å². The molecule has 1 aliphatic heterocycles. The molecular weight excluding hydrogens is 318 g/mol. The van der Waals surface area contributed by atoms with Gasteiger partial charge in [0.2, 0.25) is 0 Å². The van der Waals surface area contributed by atoms with Crippen molar-refractivity contribution in [3.05, 3.63) is 57.9 Å². The van der Waals surface area contributed by atoms with Crippen LogP contribution >= 0.6 is 11.6 Å². The number of aromatic nitrogens is 1. The Bertz CT molecular complexity index is 763. The van der Waals surface area contributed by atoms with Crippen LogP contribution in [0.2, 0.25) is 5.15 Å². The van der Waals surface area contributed by atoms with Gasteiger partial charge in [0.15, 0.2) is 6.61 Å². The molecule has 0 fully saturated rings. The molecule has 0 spiro atoms. The second-order valence-corrected chi connectivity index (χ2v) is 5.90. The summed E-state index contributed by atoms with van der Waals surface area (Å²) in [5, 5.41) is 9.20. The molecule has 1 atom stereocenters. The number of halogens is 1. The SMILES string of the molecule is Cc1nc(Cl)c2c(c1OCC(=O)O)COC2(C)c1ccccc1. The highest BCUT2D eigenvalue weighted by molar-refractivity contribution is 6.30. The molecule has 1 aromatic heterocycles. The van der Waals surface area contributed by atoms with Gasteiger partial charge in [-0.3, -0.25) is 0 Å². The van der Waals surface area contributed by atoms with Gasteiger partial charge in [0.1, 0.15) is 16.5 Å². The minimum atomic E-state index is -1.04. The maximum Gasteiger partial charge on any atom is 0.341 e. The van der Waals surface area contributed by atoms with E-state index in [1.807, 2.05) is 37.3 Å². The van der Waals surface area contributed by atoms with Crippen molar-refractivity contribution in [1.82, 2.24) is 4.98 Å². The molecular formula is C17H16ClNO4. The molecule has 2 aromatic rings. The van der Waals surface area contributed by atoms with Crippen LogP contribution in [-0.2, 0) is 21.7 Å². The fourth-order valence-corrected chi connectivity index (χ4v) is 3.35. The average Bonchev–Trinajstić information content (AvgIpc) is 2.87. The Balaban J connectivity index is 2.13. The van der Waals surface area contributed by atoms with E-state index in [-0.39, 0.29) is 0 Å². The third-order valence-electron chi connectivity index (χ3n) is 4.02. The highest BCUT2D eigenvalue weighted by Gasteiger charge is 2.42.